The molecule has 1 fully saturated rings. The Labute approximate surface area is 157 Å². The molecule has 1 aliphatic rings. The molecule has 140 valence electrons. The zero-order chi connectivity index (χ0) is 18.5. The van der Waals surface area contributed by atoms with Gasteiger partial charge in [0, 0.05) is 31.1 Å². The van der Waals surface area contributed by atoms with Crippen LogP contribution in [-0.4, -0.2) is 63.5 Å². The van der Waals surface area contributed by atoms with Gasteiger partial charge in [-0.1, -0.05) is 0 Å². The average Bonchev–Trinajstić information content (AvgIpc) is 3.38. The zero-order valence-corrected chi connectivity index (χ0v) is 15.9. The summed E-state index contributed by atoms with van der Waals surface area (Å²) in [6, 6.07) is 4.17. The van der Waals surface area contributed by atoms with Crippen molar-refractivity contribution in [3.63, 3.8) is 0 Å². The molecule has 1 amide bonds. The van der Waals surface area contributed by atoms with Crippen LogP contribution in [0.15, 0.2) is 24.5 Å². The van der Waals surface area contributed by atoms with E-state index in [4.69, 9.17) is 17.0 Å². The minimum absolute atomic E-state index is 0.0368. The van der Waals surface area contributed by atoms with Crippen molar-refractivity contribution in [2.45, 2.75) is 32.1 Å². The summed E-state index contributed by atoms with van der Waals surface area (Å²) in [7, 11) is 3.54. The Balaban J connectivity index is 1.77. The summed E-state index contributed by atoms with van der Waals surface area (Å²) in [6.07, 6.45) is 5.62. The van der Waals surface area contributed by atoms with Crippen LogP contribution in [-0.2, 0) is 22.7 Å². The SMILES string of the molecule is COCCn1c(-c2ccncc2)nn(CN(C)CC(=O)NC2CC2)c1=S. The summed E-state index contributed by atoms with van der Waals surface area (Å²) in [5.74, 6) is 0.806. The first-order chi connectivity index (χ1) is 12.6. The second-order valence-corrected chi connectivity index (χ2v) is 6.85. The first-order valence-electron chi connectivity index (χ1n) is 8.63. The number of carbonyl (C=O) groups excluding carboxylic acids is 1. The summed E-state index contributed by atoms with van der Waals surface area (Å²) in [5.41, 5.74) is 0.940. The van der Waals surface area contributed by atoms with Crippen LogP contribution in [0.3, 0.4) is 0 Å². The standard InChI is InChI=1S/C17H24N6O2S/c1-21(11-15(24)19-14-3-4-14)12-23-17(26)22(9-10-25-2)16(20-23)13-5-7-18-8-6-13/h5-8,14H,3-4,9-12H2,1-2H3,(H,19,24). The molecule has 0 aliphatic heterocycles. The minimum Gasteiger partial charge on any atom is -0.383 e. The Morgan fingerprint density at radius 2 is 2.15 bits per heavy atom. The van der Waals surface area contributed by atoms with Gasteiger partial charge in [0.05, 0.1) is 26.4 Å². The van der Waals surface area contributed by atoms with Crippen molar-refractivity contribution in [1.29, 1.82) is 0 Å². The van der Waals surface area contributed by atoms with Crippen molar-refractivity contribution < 1.29 is 9.53 Å². The summed E-state index contributed by atoms with van der Waals surface area (Å²) < 4.78 is 9.49. The van der Waals surface area contributed by atoms with Gasteiger partial charge in [0.2, 0.25) is 5.91 Å². The number of amides is 1. The van der Waals surface area contributed by atoms with Crippen molar-refractivity contribution in [3.05, 3.63) is 29.3 Å². The van der Waals surface area contributed by atoms with Gasteiger partial charge in [-0.2, -0.15) is 5.10 Å². The number of pyridine rings is 1. The van der Waals surface area contributed by atoms with E-state index in [0.29, 0.717) is 37.2 Å². The highest BCUT2D eigenvalue weighted by Crippen LogP contribution is 2.19. The fourth-order valence-corrected chi connectivity index (χ4v) is 2.93. The Hall–Kier alpha value is -2.10. The van der Waals surface area contributed by atoms with E-state index in [1.807, 2.05) is 28.6 Å². The predicted molar refractivity (Wildman–Crippen MR) is 100.0 cm³/mol. The van der Waals surface area contributed by atoms with Crippen molar-refractivity contribution in [2.24, 2.45) is 0 Å². The molecule has 0 saturated heterocycles. The van der Waals surface area contributed by atoms with Gasteiger partial charge in [-0.15, -0.1) is 0 Å². The van der Waals surface area contributed by atoms with Crippen LogP contribution < -0.4 is 5.32 Å². The first-order valence-corrected chi connectivity index (χ1v) is 9.04. The molecule has 3 rings (SSSR count). The van der Waals surface area contributed by atoms with Gasteiger partial charge in [0.25, 0.3) is 0 Å². The molecule has 1 saturated carbocycles. The lowest BCUT2D eigenvalue weighted by Crippen LogP contribution is -2.37. The van der Waals surface area contributed by atoms with E-state index >= 15 is 0 Å². The van der Waals surface area contributed by atoms with Crippen molar-refractivity contribution in [3.8, 4) is 11.4 Å². The maximum Gasteiger partial charge on any atom is 0.234 e. The summed E-state index contributed by atoms with van der Waals surface area (Å²) in [6.45, 7) is 1.90. The number of aromatic nitrogens is 4. The third-order valence-corrected chi connectivity index (χ3v) is 4.54. The molecule has 26 heavy (non-hydrogen) atoms. The number of hydrogen-bond donors (Lipinski definition) is 1. The monoisotopic (exact) mass is 376 g/mol. The molecule has 2 aromatic rings. The van der Waals surface area contributed by atoms with Gasteiger partial charge < -0.3 is 10.1 Å². The molecule has 0 aromatic carbocycles. The van der Waals surface area contributed by atoms with E-state index in [9.17, 15) is 4.79 Å². The highest BCUT2D eigenvalue weighted by molar-refractivity contribution is 7.71. The predicted octanol–water partition coefficient (Wildman–Crippen LogP) is 1.29. The largest absolute Gasteiger partial charge is 0.383 e. The fraction of sp³-hybridized carbons (Fsp3) is 0.529. The summed E-state index contributed by atoms with van der Waals surface area (Å²) >= 11 is 5.60. The molecule has 1 aliphatic carbocycles. The van der Waals surface area contributed by atoms with Crippen molar-refractivity contribution >= 4 is 18.1 Å². The number of nitrogens with zero attached hydrogens (tertiary/aromatic N) is 5. The zero-order valence-electron chi connectivity index (χ0n) is 15.1. The number of carbonyl (C=O) groups is 1. The molecule has 2 aromatic heterocycles. The van der Waals surface area contributed by atoms with Crippen LogP contribution in [0, 0.1) is 4.77 Å². The van der Waals surface area contributed by atoms with Crippen LogP contribution in [0.5, 0.6) is 0 Å². The van der Waals surface area contributed by atoms with Gasteiger partial charge >= 0.3 is 0 Å². The van der Waals surface area contributed by atoms with E-state index in [0.717, 1.165) is 24.2 Å². The molecule has 0 bridgehead atoms. The maximum absolute atomic E-state index is 12.0. The van der Waals surface area contributed by atoms with Crippen molar-refractivity contribution in [2.75, 3.05) is 27.3 Å². The molecule has 9 heteroatoms. The number of likely N-dealkylation sites (N-methyl/N-ethyl adjacent to an activating group) is 1. The van der Waals surface area contributed by atoms with Crippen molar-refractivity contribution in [1.82, 2.24) is 29.5 Å². The average molecular weight is 376 g/mol. The quantitative estimate of drug-likeness (QED) is 0.665. The van der Waals surface area contributed by atoms with Gasteiger partial charge in [-0.3, -0.25) is 19.2 Å². The molecule has 0 spiro atoms. The lowest BCUT2D eigenvalue weighted by molar-refractivity contribution is -0.122. The highest BCUT2D eigenvalue weighted by Gasteiger charge is 2.23. The van der Waals surface area contributed by atoms with E-state index < -0.39 is 0 Å². The third kappa shape index (κ3) is 4.75. The van der Waals surface area contributed by atoms with Crippen LogP contribution in [0.4, 0.5) is 0 Å². The Bertz CT molecular complexity index is 799. The Kier molecular flexibility index (Phi) is 6.12. The number of rotatable bonds is 9. The highest BCUT2D eigenvalue weighted by atomic mass is 32.1. The van der Waals surface area contributed by atoms with E-state index in [1.54, 1.807) is 24.2 Å². The number of methoxy groups -OCH3 is 1. The summed E-state index contributed by atoms with van der Waals surface area (Å²) in [4.78, 5) is 17.9. The van der Waals surface area contributed by atoms with Gasteiger partial charge in [-0.25, -0.2) is 4.68 Å². The molecule has 1 N–H and O–H groups in total. The number of hydrogen-bond acceptors (Lipinski definition) is 6. The lowest BCUT2D eigenvalue weighted by atomic mass is 10.2. The molecule has 8 nitrogen and oxygen atoms in total. The van der Waals surface area contributed by atoms with E-state index in [2.05, 4.69) is 15.4 Å². The van der Waals surface area contributed by atoms with Crippen LogP contribution in [0.25, 0.3) is 11.4 Å². The van der Waals surface area contributed by atoms with E-state index in [-0.39, 0.29) is 5.91 Å². The molecule has 0 atom stereocenters. The molecule has 0 radical (unpaired) electrons. The van der Waals surface area contributed by atoms with Crippen LogP contribution in [0.2, 0.25) is 0 Å². The lowest BCUT2D eigenvalue weighted by Gasteiger charge is -2.15. The van der Waals surface area contributed by atoms with Gasteiger partial charge in [0.1, 0.15) is 0 Å². The smallest absolute Gasteiger partial charge is 0.234 e. The van der Waals surface area contributed by atoms with Gasteiger partial charge in [-0.05, 0) is 44.2 Å². The minimum atomic E-state index is 0.0368. The Morgan fingerprint density at radius 1 is 1.42 bits per heavy atom. The molecule has 2 heterocycles. The van der Waals surface area contributed by atoms with E-state index in [1.165, 1.54) is 0 Å². The number of ether oxygens (including phenoxy) is 1. The normalized spacial score (nSPS) is 14.0. The Morgan fingerprint density at radius 3 is 2.81 bits per heavy atom. The summed E-state index contributed by atoms with van der Waals surface area (Å²) in [5, 5.41) is 7.66. The van der Waals surface area contributed by atoms with Crippen LogP contribution in [0.1, 0.15) is 12.8 Å². The molecular formula is C17H24N6O2S. The van der Waals surface area contributed by atoms with Gasteiger partial charge in [0.15, 0.2) is 10.6 Å². The maximum atomic E-state index is 12.0. The molecule has 0 unspecified atom stereocenters. The third-order valence-electron chi connectivity index (χ3n) is 4.11. The van der Waals surface area contributed by atoms with Crippen LogP contribution >= 0.6 is 12.2 Å². The number of nitrogens with one attached hydrogen (secondary N) is 1. The topological polar surface area (TPSA) is 77.2 Å². The fourth-order valence-electron chi connectivity index (χ4n) is 2.66. The second-order valence-electron chi connectivity index (χ2n) is 6.48. The first kappa shape index (κ1) is 18.7. The molecular weight excluding hydrogens is 352 g/mol. The second kappa shape index (κ2) is 8.52.